The summed E-state index contributed by atoms with van der Waals surface area (Å²) >= 11 is 5.87. The van der Waals surface area contributed by atoms with Crippen LogP contribution < -0.4 is 35.0 Å². The molecule has 4 aromatic heterocycles. The van der Waals surface area contributed by atoms with Gasteiger partial charge in [-0.15, -0.1) is 0 Å². The smallest absolute Gasteiger partial charge is 0.488 e. The lowest BCUT2D eigenvalue weighted by Gasteiger charge is -2.10. The SMILES string of the molecule is COc1ccc(CCNc2cc(-c3ccc4ncccc4c3)nc(OC)n2)cc1.COc1ccc(CCNc2cc(Cl)nc(OC)n2)cc1.OB(O)c1ccc2ncccc2c1. The quantitative estimate of drug-likeness (QED) is 0.0644. The molecule has 0 aliphatic heterocycles. The molecule has 14 nitrogen and oxygen atoms in total. The normalized spacial score (nSPS) is 10.4. The van der Waals surface area contributed by atoms with E-state index in [1.165, 1.54) is 18.2 Å². The molecule has 4 heterocycles. The van der Waals surface area contributed by atoms with Gasteiger partial charge >= 0.3 is 19.1 Å². The summed E-state index contributed by atoms with van der Waals surface area (Å²) in [7, 11) is 4.99. The monoisotopic (exact) mass is 852 g/mol. The van der Waals surface area contributed by atoms with Crippen LogP contribution in [0.3, 0.4) is 0 Å². The highest BCUT2D eigenvalue weighted by atomic mass is 35.5. The van der Waals surface area contributed by atoms with Gasteiger partial charge in [-0.2, -0.15) is 19.9 Å². The zero-order valence-corrected chi connectivity index (χ0v) is 35.5. The van der Waals surface area contributed by atoms with E-state index >= 15 is 0 Å². The molecule has 16 heteroatoms. The molecule has 0 saturated carbocycles. The fraction of sp³-hybridized carbons (Fsp3) is 0.174. The van der Waals surface area contributed by atoms with Gasteiger partial charge in [0.2, 0.25) is 0 Å². The van der Waals surface area contributed by atoms with Crippen molar-refractivity contribution in [3.05, 3.63) is 150 Å². The number of nitrogens with zero attached hydrogens (tertiary/aromatic N) is 6. The Balaban J connectivity index is 0.000000168. The molecule has 0 amide bonds. The number of ether oxygens (including phenoxy) is 4. The summed E-state index contributed by atoms with van der Waals surface area (Å²) in [6.07, 6.45) is 5.24. The van der Waals surface area contributed by atoms with Crippen molar-refractivity contribution >= 4 is 57.6 Å². The van der Waals surface area contributed by atoms with E-state index in [9.17, 15) is 0 Å². The summed E-state index contributed by atoms with van der Waals surface area (Å²) in [4.78, 5) is 25.5. The predicted octanol–water partition coefficient (Wildman–Crippen LogP) is 7.08. The first-order chi connectivity index (χ1) is 30.2. The molecule has 0 unspecified atom stereocenters. The number of fused-ring (bicyclic) bond motifs is 2. The van der Waals surface area contributed by atoms with Crippen molar-refractivity contribution in [2.75, 3.05) is 52.2 Å². The van der Waals surface area contributed by atoms with E-state index in [1.807, 2.05) is 78.9 Å². The molecule has 0 fully saturated rings. The first-order valence-electron chi connectivity index (χ1n) is 19.5. The van der Waals surface area contributed by atoms with Gasteiger partial charge in [0.25, 0.3) is 0 Å². The van der Waals surface area contributed by atoms with Gasteiger partial charge in [0.15, 0.2) is 0 Å². The van der Waals surface area contributed by atoms with E-state index in [0.717, 1.165) is 76.3 Å². The summed E-state index contributed by atoms with van der Waals surface area (Å²) in [5.41, 5.74) is 6.52. The number of anilines is 2. The summed E-state index contributed by atoms with van der Waals surface area (Å²) < 4.78 is 20.6. The van der Waals surface area contributed by atoms with Crippen molar-refractivity contribution in [3.8, 4) is 34.8 Å². The maximum atomic E-state index is 8.92. The second kappa shape index (κ2) is 22.5. The first-order valence-corrected chi connectivity index (χ1v) is 19.9. The number of methoxy groups -OCH3 is 4. The number of hydrogen-bond acceptors (Lipinski definition) is 14. The summed E-state index contributed by atoms with van der Waals surface area (Å²) in [5, 5.41) is 26.7. The van der Waals surface area contributed by atoms with E-state index < -0.39 is 7.12 Å². The Hall–Kier alpha value is -7.07. The lowest BCUT2D eigenvalue weighted by molar-refractivity contribution is 0.380. The van der Waals surface area contributed by atoms with Crippen LogP contribution in [0.1, 0.15) is 11.1 Å². The number of aromatic nitrogens is 6. The summed E-state index contributed by atoms with van der Waals surface area (Å²) in [5.74, 6) is 3.09. The second-order valence-electron chi connectivity index (χ2n) is 13.5. The molecule has 0 saturated heterocycles. The van der Waals surface area contributed by atoms with Gasteiger partial charge in [0.1, 0.15) is 28.3 Å². The van der Waals surface area contributed by atoms with Gasteiger partial charge in [-0.3, -0.25) is 9.97 Å². The third kappa shape index (κ3) is 13.0. The highest BCUT2D eigenvalue weighted by molar-refractivity contribution is 6.58. The number of benzene rings is 4. The van der Waals surface area contributed by atoms with Gasteiger partial charge in [0, 0.05) is 48.6 Å². The molecule has 62 heavy (non-hydrogen) atoms. The van der Waals surface area contributed by atoms with E-state index in [-0.39, 0.29) is 6.01 Å². The van der Waals surface area contributed by atoms with Crippen LogP contribution in [0, 0.1) is 0 Å². The molecule has 0 spiro atoms. The maximum Gasteiger partial charge on any atom is 0.488 e. The van der Waals surface area contributed by atoms with Crippen LogP contribution in [0.15, 0.2) is 134 Å². The van der Waals surface area contributed by atoms with E-state index in [4.69, 9.17) is 40.6 Å². The van der Waals surface area contributed by atoms with Crippen molar-refractivity contribution in [2.24, 2.45) is 0 Å². The number of rotatable bonds is 14. The Kier molecular flexibility index (Phi) is 16.2. The summed E-state index contributed by atoms with van der Waals surface area (Å²) in [6.45, 7) is 1.48. The average Bonchev–Trinajstić information content (AvgIpc) is 3.31. The molecular weight excluding hydrogens is 807 g/mol. The maximum absolute atomic E-state index is 8.92. The Morgan fingerprint density at radius 2 is 1.06 bits per heavy atom. The third-order valence-electron chi connectivity index (χ3n) is 9.33. The van der Waals surface area contributed by atoms with E-state index in [2.05, 4.69) is 58.7 Å². The number of hydrogen-bond donors (Lipinski definition) is 4. The molecule has 0 atom stereocenters. The van der Waals surface area contributed by atoms with Crippen LogP contribution in [0.4, 0.5) is 11.6 Å². The van der Waals surface area contributed by atoms with Crippen LogP contribution in [0.2, 0.25) is 5.15 Å². The summed E-state index contributed by atoms with van der Waals surface area (Å²) in [6, 6.07) is 39.1. The van der Waals surface area contributed by atoms with Gasteiger partial charge in [-0.05, 0) is 89.4 Å². The second-order valence-corrected chi connectivity index (χ2v) is 13.9. The molecular formula is C46H46BClN8O6. The van der Waals surface area contributed by atoms with Gasteiger partial charge in [-0.1, -0.05) is 66.2 Å². The van der Waals surface area contributed by atoms with Crippen LogP contribution in [-0.2, 0) is 12.8 Å². The van der Waals surface area contributed by atoms with Crippen molar-refractivity contribution < 1.29 is 29.0 Å². The van der Waals surface area contributed by atoms with Crippen LogP contribution in [0.25, 0.3) is 33.1 Å². The minimum absolute atomic E-state index is 0.254. The van der Waals surface area contributed by atoms with Crippen LogP contribution in [-0.4, -0.2) is 88.6 Å². The fourth-order valence-corrected chi connectivity index (χ4v) is 6.25. The highest BCUT2D eigenvalue weighted by Gasteiger charge is 2.11. The fourth-order valence-electron chi connectivity index (χ4n) is 6.08. The average molecular weight is 853 g/mol. The van der Waals surface area contributed by atoms with E-state index in [0.29, 0.717) is 22.4 Å². The van der Waals surface area contributed by atoms with Crippen molar-refractivity contribution in [1.82, 2.24) is 29.9 Å². The first kappa shape index (κ1) is 44.5. The third-order valence-corrected chi connectivity index (χ3v) is 9.52. The lowest BCUT2D eigenvalue weighted by Crippen LogP contribution is -2.29. The van der Waals surface area contributed by atoms with Crippen molar-refractivity contribution in [1.29, 1.82) is 0 Å². The zero-order chi connectivity index (χ0) is 43.7. The van der Waals surface area contributed by atoms with E-state index in [1.54, 1.807) is 58.0 Å². The number of halogens is 1. The van der Waals surface area contributed by atoms with Gasteiger partial charge in [-0.25, -0.2) is 0 Å². The Morgan fingerprint density at radius 3 is 1.60 bits per heavy atom. The van der Waals surface area contributed by atoms with Crippen LogP contribution in [0.5, 0.6) is 23.5 Å². The minimum atomic E-state index is -1.41. The topological polar surface area (TPSA) is 179 Å². The lowest BCUT2D eigenvalue weighted by atomic mass is 9.80. The molecule has 4 N–H and O–H groups in total. The van der Waals surface area contributed by atoms with Gasteiger partial charge in [0.05, 0.1) is 45.2 Å². The molecule has 8 aromatic rings. The van der Waals surface area contributed by atoms with Gasteiger partial charge < -0.3 is 39.6 Å². The standard InChI is InChI=1S/C23H22N4O2.C14H16ClN3O2.C9H8BNO2/c1-28-19-8-5-16(6-9-19)11-13-25-22-15-21(26-23(27-22)29-2)18-7-10-20-17(14-18)4-3-12-24-20;1-19-11-5-3-10(4-6-11)7-8-16-13-9-12(15)17-14(18-13)20-2;12-10(13)8-3-4-9-7(6-8)2-1-5-11-9/h3-10,12,14-15H,11,13H2,1-2H3,(H,25,26,27);3-6,9H,7-8H2,1-2H3,(H,16,17,18);1-6,12-13H. The molecule has 0 radical (unpaired) electrons. The largest absolute Gasteiger partial charge is 0.497 e. The molecule has 4 aromatic carbocycles. The molecule has 8 rings (SSSR count). The van der Waals surface area contributed by atoms with Crippen LogP contribution >= 0.6 is 11.6 Å². The zero-order valence-electron chi connectivity index (χ0n) is 34.7. The van der Waals surface area contributed by atoms with Crippen molar-refractivity contribution in [3.63, 3.8) is 0 Å². The predicted molar refractivity (Wildman–Crippen MR) is 245 cm³/mol. The molecule has 0 aliphatic rings. The Morgan fingerprint density at radius 1 is 0.548 bits per heavy atom. The Labute approximate surface area is 365 Å². The number of nitrogens with one attached hydrogen (secondary N) is 2. The molecule has 0 bridgehead atoms. The van der Waals surface area contributed by atoms with Crippen molar-refractivity contribution in [2.45, 2.75) is 12.8 Å². The highest BCUT2D eigenvalue weighted by Crippen LogP contribution is 2.26. The molecule has 0 aliphatic carbocycles. The minimum Gasteiger partial charge on any atom is -0.497 e. The number of pyridine rings is 2. The molecule has 316 valence electrons. The Bertz CT molecular complexity index is 2660.